The van der Waals surface area contributed by atoms with Gasteiger partial charge in [-0.2, -0.15) is 0 Å². The maximum atomic E-state index is 12.7. The first-order valence-electron chi connectivity index (χ1n) is 11.6. The van der Waals surface area contributed by atoms with Crippen molar-refractivity contribution < 1.29 is 9.90 Å². The largest absolute Gasteiger partial charge is 0.387 e. The molecule has 3 aromatic carbocycles. The normalized spacial score (nSPS) is 11.8. The lowest BCUT2D eigenvalue weighted by atomic mass is 10.1. The summed E-state index contributed by atoms with van der Waals surface area (Å²) < 4.78 is 3.23. The third-order valence-corrected chi connectivity index (χ3v) is 6.28. The minimum absolute atomic E-state index is 0.0960. The van der Waals surface area contributed by atoms with Crippen LogP contribution in [-0.4, -0.2) is 33.7 Å². The van der Waals surface area contributed by atoms with E-state index in [4.69, 9.17) is 4.98 Å². The van der Waals surface area contributed by atoms with E-state index < -0.39 is 6.10 Å². The number of carbonyl (C=O) groups is 1. The lowest BCUT2D eigenvalue weighted by molar-refractivity contribution is -0.115. The lowest BCUT2D eigenvalue weighted by Crippen LogP contribution is -2.23. The molecule has 1 atom stereocenters. The van der Waals surface area contributed by atoms with Crippen molar-refractivity contribution in [2.24, 2.45) is 0 Å². The number of nitrogens with one attached hydrogen (secondary N) is 2. The van der Waals surface area contributed by atoms with Crippen LogP contribution in [0.2, 0.25) is 0 Å². The van der Waals surface area contributed by atoms with E-state index in [2.05, 4.69) is 56.0 Å². The number of rotatable bonds is 11. The summed E-state index contributed by atoms with van der Waals surface area (Å²) in [5.74, 6) is 0.637. The Morgan fingerprint density at radius 2 is 1.74 bits per heavy atom. The zero-order chi connectivity index (χ0) is 24.5. The summed E-state index contributed by atoms with van der Waals surface area (Å²) in [5, 5.41) is 16.6. The molecule has 4 aromatic rings. The number of aliphatic hydroxyl groups is 1. The van der Waals surface area contributed by atoms with Gasteiger partial charge in [0.1, 0.15) is 5.82 Å². The molecule has 7 heteroatoms. The summed E-state index contributed by atoms with van der Waals surface area (Å²) >= 11 is 2.31. The summed E-state index contributed by atoms with van der Waals surface area (Å²) in [4.78, 5) is 17.5. The standard InChI is InChI=1S/C28H29IN4O2/c29-23-11-7-8-21(16-23)19-33-20-25(14-15-30-18-26(34)22-9-3-1-4-10-22)31-27(33)17-28(35)32-24-12-5-2-6-13-24/h1-13,16,20,26,30,34H,14-15,17-19H2,(H,32,35)/t26-/m0/s1. The molecule has 1 heterocycles. The van der Waals surface area contributed by atoms with Crippen molar-refractivity contribution in [1.29, 1.82) is 0 Å². The third kappa shape index (κ3) is 7.74. The highest BCUT2D eigenvalue weighted by atomic mass is 127. The van der Waals surface area contributed by atoms with Crippen LogP contribution in [0.1, 0.15) is 28.7 Å². The van der Waals surface area contributed by atoms with E-state index in [1.165, 1.54) is 3.57 Å². The van der Waals surface area contributed by atoms with Crippen LogP contribution < -0.4 is 10.6 Å². The van der Waals surface area contributed by atoms with Gasteiger partial charge in [-0.05, 0) is 58.0 Å². The number of hydrogen-bond donors (Lipinski definition) is 3. The van der Waals surface area contributed by atoms with Gasteiger partial charge in [0.2, 0.25) is 5.91 Å². The number of imidazole rings is 1. The number of anilines is 1. The van der Waals surface area contributed by atoms with E-state index >= 15 is 0 Å². The maximum absolute atomic E-state index is 12.7. The average Bonchev–Trinajstić information content (AvgIpc) is 3.23. The maximum Gasteiger partial charge on any atom is 0.231 e. The first-order valence-corrected chi connectivity index (χ1v) is 12.7. The van der Waals surface area contributed by atoms with Gasteiger partial charge >= 0.3 is 0 Å². The number of benzene rings is 3. The smallest absolute Gasteiger partial charge is 0.231 e. The Bertz CT molecular complexity index is 1230. The number of carbonyl (C=O) groups excluding carboxylic acids is 1. The van der Waals surface area contributed by atoms with Crippen LogP contribution in [0.15, 0.2) is 91.1 Å². The van der Waals surface area contributed by atoms with Crippen LogP contribution in [0.3, 0.4) is 0 Å². The topological polar surface area (TPSA) is 79.2 Å². The number of para-hydroxylation sites is 1. The SMILES string of the molecule is O=C(Cc1nc(CCNC[C@H](O)c2ccccc2)cn1Cc1cccc(I)c1)Nc1ccccc1. The van der Waals surface area contributed by atoms with Crippen LogP contribution >= 0.6 is 22.6 Å². The Morgan fingerprint density at radius 1 is 1.00 bits per heavy atom. The Balaban J connectivity index is 1.40. The Hall–Kier alpha value is -3.01. The molecule has 0 unspecified atom stereocenters. The predicted octanol–water partition coefficient (Wildman–Crippen LogP) is 4.58. The molecule has 0 saturated heterocycles. The highest BCUT2D eigenvalue weighted by molar-refractivity contribution is 14.1. The minimum Gasteiger partial charge on any atom is -0.387 e. The van der Waals surface area contributed by atoms with Crippen LogP contribution in [0.25, 0.3) is 0 Å². The monoisotopic (exact) mass is 580 g/mol. The molecule has 4 rings (SSSR count). The first-order chi connectivity index (χ1) is 17.1. The van der Waals surface area contributed by atoms with Crippen molar-refractivity contribution in [3.05, 3.63) is 117 Å². The van der Waals surface area contributed by atoms with Crippen molar-refractivity contribution in [2.45, 2.75) is 25.5 Å². The molecule has 0 aliphatic heterocycles. The fraction of sp³-hybridized carbons (Fsp3) is 0.214. The zero-order valence-corrected chi connectivity index (χ0v) is 21.6. The molecule has 180 valence electrons. The Labute approximate surface area is 219 Å². The Kier molecular flexibility index (Phi) is 9.05. The number of halogens is 1. The molecule has 0 spiro atoms. The summed E-state index contributed by atoms with van der Waals surface area (Å²) in [6.07, 6.45) is 2.37. The molecule has 0 radical (unpaired) electrons. The molecule has 0 bridgehead atoms. The quantitative estimate of drug-likeness (QED) is 0.179. The second kappa shape index (κ2) is 12.6. The van der Waals surface area contributed by atoms with E-state index in [0.29, 0.717) is 26.1 Å². The van der Waals surface area contributed by atoms with Crippen molar-refractivity contribution in [2.75, 3.05) is 18.4 Å². The van der Waals surface area contributed by atoms with E-state index in [0.717, 1.165) is 28.3 Å². The van der Waals surface area contributed by atoms with Crippen LogP contribution in [-0.2, 0) is 24.2 Å². The predicted molar refractivity (Wildman–Crippen MR) is 147 cm³/mol. The van der Waals surface area contributed by atoms with Crippen molar-refractivity contribution in [1.82, 2.24) is 14.9 Å². The van der Waals surface area contributed by atoms with E-state index in [-0.39, 0.29) is 12.3 Å². The summed E-state index contributed by atoms with van der Waals surface area (Å²) in [6.45, 7) is 1.80. The third-order valence-electron chi connectivity index (χ3n) is 5.61. The van der Waals surface area contributed by atoms with Crippen LogP contribution in [0.5, 0.6) is 0 Å². The van der Waals surface area contributed by atoms with Gasteiger partial charge in [0, 0.05) is 41.5 Å². The van der Waals surface area contributed by atoms with Crippen LogP contribution in [0.4, 0.5) is 5.69 Å². The first kappa shape index (κ1) is 25.1. The molecule has 0 aliphatic rings. The second-order valence-electron chi connectivity index (χ2n) is 8.38. The van der Waals surface area contributed by atoms with Crippen molar-refractivity contribution in [3.63, 3.8) is 0 Å². The second-order valence-corrected chi connectivity index (χ2v) is 9.62. The van der Waals surface area contributed by atoms with Gasteiger partial charge in [0.05, 0.1) is 18.2 Å². The molecule has 35 heavy (non-hydrogen) atoms. The number of aliphatic hydroxyl groups excluding tert-OH is 1. The van der Waals surface area contributed by atoms with E-state index in [9.17, 15) is 9.90 Å². The molecule has 6 nitrogen and oxygen atoms in total. The summed E-state index contributed by atoms with van der Waals surface area (Å²) in [6, 6.07) is 27.4. The minimum atomic E-state index is -0.549. The van der Waals surface area contributed by atoms with Gasteiger partial charge in [-0.15, -0.1) is 0 Å². The van der Waals surface area contributed by atoms with Crippen molar-refractivity contribution in [3.8, 4) is 0 Å². The van der Waals surface area contributed by atoms with Crippen LogP contribution in [0, 0.1) is 3.57 Å². The molecule has 0 aliphatic carbocycles. The number of aromatic nitrogens is 2. The molecule has 1 aromatic heterocycles. The molecule has 0 fully saturated rings. The van der Waals surface area contributed by atoms with Crippen molar-refractivity contribution >= 4 is 34.2 Å². The molecule has 0 saturated carbocycles. The number of nitrogens with zero attached hydrogens (tertiary/aromatic N) is 2. The molecular weight excluding hydrogens is 551 g/mol. The van der Waals surface area contributed by atoms with Gasteiger partial charge in [-0.3, -0.25) is 4.79 Å². The lowest BCUT2D eigenvalue weighted by Gasteiger charge is -2.11. The Morgan fingerprint density at radius 3 is 2.49 bits per heavy atom. The highest BCUT2D eigenvalue weighted by Crippen LogP contribution is 2.14. The molecule has 1 amide bonds. The average molecular weight is 580 g/mol. The zero-order valence-electron chi connectivity index (χ0n) is 19.4. The summed E-state index contributed by atoms with van der Waals surface area (Å²) in [5.41, 5.74) is 3.75. The number of amides is 1. The molecular formula is C28H29IN4O2. The fourth-order valence-corrected chi connectivity index (χ4v) is 4.47. The summed E-state index contributed by atoms with van der Waals surface area (Å²) in [7, 11) is 0. The van der Waals surface area contributed by atoms with Gasteiger partial charge in [0.15, 0.2) is 0 Å². The van der Waals surface area contributed by atoms with Gasteiger partial charge < -0.3 is 20.3 Å². The van der Waals surface area contributed by atoms with Gasteiger partial charge in [-0.25, -0.2) is 4.98 Å². The highest BCUT2D eigenvalue weighted by Gasteiger charge is 2.14. The number of hydrogen-bond acceptors (Lipinski definition) is 4. The van der Waals surface area contributed by atoms with E-state index in [1.54, 1.807) is 0 Å². The molecule has 3 N–H and O–H groups in total. The van der Waals surface area contributed by atoms with Gasteiger partial charge in [-0.1, -0.05) is 60.7 Å². The fourth-order valence-electron chi connectivity index (χ4n) is 3.86. The van der Waals surface area contributed by atoms with E-state index in [1.807, 2.05) is 72.9 Å². The van der Waals surface area contributed by atoms with Gasteiger partial charge in [0.25, 0.3) is 0 Å².